The lowest BCUT2D eigenvalue weighted by atomic mass is 9.74. The third-order valence-corrected chi connectivity index (χ3v) is 6.93. The Morgan fingerprint density at radius 3 is 2.62 bits per heavy atom. The van der Waals surface area contributed by atoms with Gasteiger partial charge in [0.2, 0.25) is 0 Å². The molecule has 7 nitrogen and oxygen atoms in total. The van der Waals surface area contributed by atoms with Crippen LogP contribution in [0.15, 0.2) is 48.7 Å². The first kappa shape index (κ1) is 23.8. The van der Waals surface area contributed by atoms with E-state index in [2.05, 4.69) is 22.1 Å². The topological polar surface area (TPSA) is 82.6 Å². The number of urea groups is 1. The predicted octanol–water partition coefficient (Wildman–Crippen LogP) is 3.53. The number of nitrogens with one attached hydrogen (secondary N) is 1. The van der Waals surface area contributed by atoms with Crippen LogP contribution in [0.1, 0.15) is 42.1 Å². The summed E-state index contributed by atoms with van der Waals surface area (Å²) in [5, 5.41) is 3.31. The summed E-state index contributed by atoms with van der Waals surface area (Å²) in [6.07, 6.45) is 3.89. The number of piperidine rings is 1. The van der Waals surface area contributed by atoms with Gasteiger partial charge in [0.1, 0.15) is 10.7 Å². The molecule has 8 heteroatoms. The van der Waals surface area contributed by atoms with Crippen LogP contribution in [0.3, 0.4) is 0 Å². The van der Waals surface area contributed by atoms with Crippen molar-refractivity contribution >= 4 is 29.4 Å². The maximum atomic E-state index is 13.6. The Kier molecular flexibility index (Phi) is 7.18. The third kappa shape index (κ3) is 4.78. The molecular weight excluding hydrogens is 452 g/mol. The summed E-state index contributed by atoms with van der Waals surface area (Å²) in [6, 6.07) is 12.7. The van der Waals surface area contributed by atoms with Crippen molar-refractivity contribution in [3.05, 3.63) is 64.9 Å². The first-order valence-electron chi connectivity index (χ1n) is 11.4. The van der Waals surface area contributed by atoms with Crippen molar-refractivity contribution in [3.8, 4) is 11.8 Å². The average molecular weight is 479 g/mol. The van der Waals surface area contributed by atoms with Crippen LogP contribution < -0.4 is 5.32 Å². The largest absolute Gasteiger partial charge is 0.339 e. The fourth-order valence-electron chi connectivity index (χ4n) is 4.88. The van der Waals surface area contributed by atoms with Crippen LogP contribution in [-0.4, -0.2) is 57.8 Å². The number of halogens is 1. The zero-order valence-corrected chi connectivity index (χ0v) is 19.8. The smallest absolute Gasteiger partial charge is 0.325 e. The minimum atomic E-state index is -1.00. The van der Waals surface area contributed by atoms with Crippen molar-refractivity contribution in [3.63, 3.8) is 0 Å². The number of amides is 4. The number of pyridine rings is 1. The van der Waals surface area contributed by atoms with Crippen LogP contribution in [-0.2, 0) is 11.2 Å². The molecule has 0 aliphatic carbocycles. The summed E-state index contributed by atoms with van der Waals surface area (Å²) in [7, 11) is 0. The van der Waals surface area contributed by atoms with Crippen molar-refractivity contribution in [2.24, 2.45) is 5.92 Å². The lowest BCUT2D eigenvalue weighted by Gasteiger charge is -2.41. The number of imide groups is 1. The van der Waals surface area contributed by atoms with Crippen LogP contribution in [0, 0.1) is 17.8 Å². The number of rotatable bonds is 6. The van der Waals surface area contributed by atoms with Crippen LogP contribution in [0.5, 0.6) is 0 Å². The van der Waals surface area contributed by atoms with Crippen LogP contribution in [0.25, 0.3) is 0 Å². The molecule has 2 aromatic rings. The second-order valence-corrected chi connectivity index (χ2v) is 9.03. The van der Waals surface area contributed by atoms with Crippen molar-refractivity contribution in [2.45, 2.75) is 38.1 Å². The highest BCUT2D eigenvalue weighted by molar-refractivity contribution is 6.29. The molecular formula is C26H27ClN4O3. The van der Waals surface area contributed by atoms with Gasteiger partial charge in [-0.05, 0) is 56.2 Å². The molecule has 1 aromatic heterocycles. The second kappa shape index (κ2) is 10.3. The minimum Gasteiger partial charge on any atom is -0.339 e. The van der Waals surface area contributed by atoms with Crippen molar-refractivity contribution in [1.29, 1.82) is 0 Å². The maximum absolute atomic E-state index is 13.6. The molecule has 1 unspecified atom stereocenters. The summed E-state index contributed by atoms with van der Waals surface area (Å²) in [4.78, 5) is 46.3. The quantitative estimate of drug-likeness (QED) is 0.391. The van der Waals surface area contributed by atoms with Crippen molar-refractivity contribution in [2.75, 3.05) is 19.6 Å². The van der Waals surface area contributed by atoms with Gasteiger partial charge in [-0.1, -0.05) is 47.9 Å². The molecule has 0 spiro atoms. The van der Waals surface area contributed by atoms with Gasteiger partial charge in [-0.25, -0.2) is 9.78 Å². The van der Waals surface area contributed by atoms with E-state index in [1.165, 1.54) is 11.1 Å². The Morgan fingerprint density at radius 1 is 1.21 bits per heavy atom. The Labute approximate surface area is 204 Å². The predicted molar refractivity (Wildman–Crippen MR) is 129 cm³/mol. The lowest BCUT2D eigenvalue weighted by molar-refractivity contribution is -0.133. The number of likely N-dealkylation sites (tertiary alicyclic amines) is 1. The fraction of sp³-hybridized carbons (Fsp3) is 0.385. The summed E-state index contributed by atoms with van der Waals surface area (Å²) < 4.78 is 0. The van der Waals surface area contributed by atoms with Crippen LogP contribution >= 0.6 is 11.6 Å². The lowest BCUT2D eigenvalue weighted by Crippen LogP contribution is -2.56. The molecule has 2 aliphatic rings. The van der Waals surface area contributed by atoms with E-state index in [1.54, 1.807) is 24.0 Å². The van der Waals surface area contributed by atoms with Gasteiger partial charge in [-0.15, -0.1) is 5.92 Å². The Balaban J connectivity index is 1.53. The highest BCUT2D eigenvalue weighted by Crippen LogP contribution is 2.37. The van der Waals surface area contributed by atoms with Gasteiger partial charge in [0.15, 0.2) is 0 Å². The first-order valence-corrected chi connectivity index (χ1v) is 11.8. The zero-order chi connectivity index (χ0) is 24.1. The van der Waals surface area contributed by atoms with Gasteiger partial charge in [0.05, 0.1) is 6.54 Å². The second-order valence-electron chi connectivity index (χ2n) is 8.64. The first-order chi connectivity index (χ1) is 16.4. The number of hydrogen-bond donors (Lipinski definition) is 1. The maximum Gasteiger partial charge on any atom is 0.325 e. The highest BCUT2D eigenvalue weighted by Gasteiger charge is 2.55. The molecule has 4 amide bonds. The summed E-state index contributed by atoms with van der Waals surface area (Å²) in [5.41, 5.74) is 0.599. The average Bonchev–Trinajstić information content (AvgIpc) is 3.11. The molecule has 0 radical (unpaired) electrons. The van der Waals surface area contributed by atoms with Crippen LogP contribution in [0.4, 0.5) is 4.79 Å². The van der Waals surface area contributed by atoms with Crippen molar-refractivity contribution < 1.29 is 14.4 Å². The molecule has 1 aromatic carbocycles. The van der Waals surface area contributed by atoms with E-state index in [4.69, 9.17) is 11.6 Å². The van der Waals surface area contributed by atoms with E-state index in [0.717, 1.165) is 5.56 Å². The molecule has 0 saturated carbocycles. The van der Waals surface area contributed by atoms with Gasteiger partial charge in [-0.2, -0.15) is 0 Å². The number of benzene rings is 1. The molecule has 34 heavy (non-hydrogen) atoms. The molecule has 2 saturated heterocycles. The number of aromatic nitrogens is 1. The monoisotopic (exact) mass is 478 g/mol. The molecule has 2 fully saturated rings. The van der Waals surface area contributed by atoms with E-state index in [0.29, 0.717) is 44.3 Å². The van der Waals surface area contributed by atoms with Gasteiger partial charge < -0.3 is 10.2 Å². The summed E-state index contributed by atoms with van der Waals surface area (Å²) >= 11 is 5.95. The minimum absolute atomic E-state index is 0.0778. The summed E-state index contributed by atoms with van der Waals surface area (Å²) in [6.45, 7) is 2.75. The third-order valence-electron chi connectivity index (χ3n) is 6.72. The van der Waals surface area contributed by atoms with Gasteiger partial charge in [0.25, 0.3) is 11.8 Å². The van der Waals surface area contributed by atoms with Gasteiger partial charge >= 0.3 is 6.03 Å². The summed E-state index contributed by atoms with van der Waals surface area (Å²) in [5.74, 6) is 5.18. The molecule has 2 aliphatic heterocycles. The molecule has 1 N–H and O–H groups in total. The SMILES string of the molecule is CC#CCN1C(=O)NC(CCc2ccccc2)(C2CCN(C(=O)c3ccnc(Cl)c3)CC2)C1=O. The standard InChI is InChI=1S/C26H27ClN4O3/c1-2-3-15-31-24(33)26(29-25(31)34,13-9-19-7-5-4-6-8-19)21-11-16-30(17-12-21)23(32)20-10-14-28-22(27)18-20/h4-8,10,14,18,21H,9,11-13,15-17H2,1H3,(H,29,34). The molecule has 176 valence electrons. The molecule has 1 atom stereocenters. The van der Waals surface area contributed by atoms with E-state index < -0.39 is 11.6 Å². The van der Waals surface area contributed by atoms with E-state index >= 15 is 0 Å². The zero-order valence-electron chi connectivity index (χ0n) is 19.1. The van der Waals surface area contributed by atoms with E-state index in [1.807, 2.05) is 30.3 Å². The van der Waals surface area contributed by atoms with E-state index in [9.17, 15) is 14.4 Å². The van der Waals surface area contributed by atoms with Crippen LogP contribution in [0.2, 0.25) is 5.15 Å². The van der Waals surface area contributed by atoms with E-state index in [-0.39, 0.29) is 29.4 Å². The number of carbonyl (C=O) groups is 3. The van der Waals surface area contributed by atoms with Crippen molar-refractivity contribution in [1.82, 2.24) is 20.1 Å². The Morgan fingerprint density at radius 2 is 1.94 bits per heavy atom. The number of nitrogens with zero attached hydrogens (tertiary/aromatic N) is 3. The van der Waals surface area contributed by atoms with Gasteiger partial charge in [-0.3, -0.25) is 14.5 Å². The van der Waals surface area contributed by atoms with Gasteiger partial charge in [0, 0.05) is 24.8 Å². The molecule has 3 heterocycles. The Hall–Kier alpha value is -3.37. The fourth-order valence-corrected chi connectivity index (χ4v) is 5.05. The molecule has 0 bridgehead atoms. The number of carbonyl (C=O) groups excluding carboxylic acids is 3. The Bertz CT molecular complexity index is 1140. The number of hydrogen-bond acceptors (Lipinski definition) is 4. The normalized spacial score (nSPS) is 20.6. The molecule has 4 rings (SSSR count). The number of aryl methyl sites for hydroxylation is 1. The highest BCUT2D eigenvalue weighted by atomic mass is 35.5.